The first-order chi connectivity index (χ1) is 12.7. The van der Waals surface area contributed by atoms with Gasteiger partial charge in [0.15, 0.2) is 0 Å². The molecular weight excluding hydrogens is 330 g/mol. The smallest absolute Gasteiger partial charge is 0.150 e. The summed E-state index contributed by atoms with van der Waals surface area (Å²) >= 11 is 0. The molecule has 2 fully saturated rings. The molecule has 4 rings (SSSR count). The molecule has 0 aliphatic carbocycles. The summed E-state index contributed by atoms with van der Waals surface area (Å²) in [6, 6.07) is 0. The van der Waals surface area contributed by atoms with Crippen molar-refractivity contribution in [1.82, 2.24) is 29.6 Å². The van der Waals surface area contributed by atoms with E-state index < -0.39 is 0 Å². The van der Waals surface area contributed by atoms with E-state index in [1.165, 1.54) is 0 Å². The van der Waals surface area contributed by atoms with E-state index in [0.717, 1.165) is 81.9 Å². The molecule has 2 saturated heterocycles. The number of hydrogen-bond donors (Lipinski definition) is 0. The van der Waals surface area contributed by atoms with Crippen LogP contribution < -0.4 is 4.90 Å². The second-order valence-corrected chi connectivity index (χ2v) is 7.17. The topological polar surface area (TPSA) is 72.2 Å². The minimum atomic E-state index is 0.376. The van der Waals surface area contributed by atoms with Crippen LogP contribution in [-0.4, -0.2) is 69.0 Å². The van der Waals surface area contributed by atoms with Crippen LogP contribution in [0.4, 0.5) is 5.82 Å². The van der Waals surface area contributed by atoms with Crippen LogP contribution in [0, 0.1) is 6.92 Å². The molecule has 26 heavy (non-hydrogen) atoms. The van der Waals surface area contributed by atoms with Crippen LogP contribution >= 0.6 is 0 Å². The Hall–Kier alpha value is -2.06. The van der Waals surface area contributed by atoms with Crippen LogP contribution in [0.25, 0.3) is 0 Å². The second-order valence-electron chi connectivity index (χ2n) is 7.17. The molecule has 4 heterocycles. The van der Waals surface area contributed by atoms with Gasteiger partial charge < -0.3 is 14.2 Å². The molecule has 0 radical (unpaired) electrons. The molecule has 0 spiro atoms. The number of morpholine rings is 1. The number of nitrogens with zero attached hydrogens (tertiary/aromatic N) is 7. The lowest BCUT2D eigenvalue weighted by Gasteiger charge is -2.33. The molecule has 8 heteroatoms. The SMILES string of the molecule is Cc1nccnc1N1CCC[C@H](c2nnc(CN3CCOCC3)n2C)C1. The van der Waals surface area contributed by atoms with Crippen molar-refractivity contribution in [2.45, 2.75) is 32.2 Å². The van der Waals surface area contributed by atoms with Gasteiger partial charge in [-0.3, -0.25) is 9.88 Å². The van der Waals surface area contributed by atoms with Crippen LogP contribution in [0.1, 0.15) is 36.1 Å². The predicted molar refractivity (Wildman–Crippen MR) is 98.1 cm³/mol. The van der Waals surface area contributed by atoms with Crippen LogP contribution in [0.5, 0.6) is 0 Å². The van der Waals surface area contributed by atoms with Gasteiger partial charge in [0.05, 0.1) is 25.5 Å². The van der Waals surface area contributed by atoms with Crippen molar-refractivity contribution in [3.05, 3.63) is 29.7 Å². The van der Waals surface area contributed by atoms with Crippen molar-refractivity contribution in [3.8, 4) is 0 Å². The zero-order valence-electron chi connectivity index (χ0n) is 15.6. The predicted octanol–water partition coefficient (Wildman–Crippen LogP) is 1.13. The average molecular weight is 357 g/mol. The van der Waals surface area contributed by atoms with Gasteiger partial charge in [-0.2, -0.15) is 0 Å². The minimum absolute atomic E-state index is 0.376. The van der Waals surface area contributed by atoms with Gasteiger partial charge in [-0.25, -0.2) is 4.98 Å². The molecule has 2 aromatic rings. The molecule has 1 atom stereocenters. The van der Waals surface area contributed by atoms with Crippen molar-refractivity contribution < 1.29 is 4.74 Å². The molecule has 0 unspecified atom stereocenters. The maximum Gasteiger partial charge on any atom is 0.150 e. The largest absolute Gasteiger partial charge is 0.379 e. The number of hydrogen-bond acceptors (Lipinski definition) is 7. The summed E-state index contributed by atoms with van der Waals surface area (Å²) in [5, 5.41) is 9.03. The summed E-state index contributed by atoms with van der Waals surface area (Å²) in [4.78, 5) is 13.6. The third-order valence-electron chi connectivity index (χ3n) is 5.41. The molecule has 2 aliphatic rings. The highest BCUT2D eigenvalue weighted by Gasteiger charge is 2.28. The lowest BCUT2D eigenvalue weighted by molar-refractivity contribution is 0.0326. The van der Waals surface area contributed by atoms with Crippen molar-refractivity contribution in [3.63, 3.8) is 0 Å². The summed E-state index contributed by atoms with van der Waals surface area (Å²) in [6.07, 6.45) is 5.79. The highest BCUT2D eigenvalue weighted by atomic mass is 16.5. The molecule has 0 N–H and O–H groups in total. The van der Waals surface area contributed by atoms with Gasteiger partial charge in [0, 0.05) is 51.5 Å². The molecule has 2 aromatic heterocycles. The zero-order valence-corrected chi connectivity index (χ0v) is 15.6. The van der Waals surface area contributed by atoms with E-state index in [1.807, 2.05) is 6.92 Å². The Bertz CT molecular complexity index is 741. The Morgan fingerprint density at radius 1 is 1.12 bits per heavy atom. The van der Waals surface area contributed by atoms with Gasteiger partial charge in [-0.1, -0.05) is 0 Å². The monoisotopic (exact) mass is 357 g/mol. The Kier molecular flexibility index (Phi) is 5.12. The molecule has 0 saturated carbocycles. The minimum Gasteiger partial charge on any atom is -0.379 e. The first-order valence-electron chi connectivity index (χ1n) is 9.43. The maximum atomic E-state index is 5.43. The number of aromatic nitrogens is 5. The number of ether oxygens (including phenoxy) is 1. The fraction of sp³-hybridized carbons (Fsp3) is 0.667. The Labute approximate surface area is 154 Å². The normalized spacial score (nSPS) is 21.9. The molecule has 0 aromatic carbocycles. The van der Waals surface area contributed by atoms with Gasteiger partial charge >= 0.3 is 0 Å². The summed E-state index contributed by atoms with van der Waals surface area (Å²) in [6.45, 7) is 8.34. The van der Waals surface area contributed by atoms with Crippen LogP contribution in [-0.2, 0) is 18.3 Å². The molecular formula is C18H27N7O. The molecule has 0 bridgehead atoms. The Morgan fingerprint density at radius 2 is 1.92 bits per heavy atom. The van der Waals surface area contributed by atoms with Gasteiger partial charge in [0.2, 0.25) is 0 Å². The number of rotatable bonds is 4. The summed E-state index contributed by atoms with van der Waals surface area (Å²) in [7, 11) is 2.09. The average Bonchev–Trinajstić information content (AvgIpc) is 3.03. The molecule has 140 valence electrons. The van der Waals surface area contributed by atoms with Gasteiger partial charge in [-0.05, 0) is 19.8 Å². The number of piperidine rings is 1. The van der Waals surface area contributed by atoms with Crippen LogP contribution in [0.15, 0.2) is 12.4 Å². The zero-order chi connectivity index (χ0) is 17.9. The van der Waals surface area contributed by atoms with E-state index >= 15 is 0 Å². The molecule has 2 aliphatic heterocycles. The van der Waals surface area contributed by atoms with Crippen molar-refractivity contribution in [2.24, 2.45) is 7.05 Å². The first kappa shape index (κ1) is 17.4. The van der Waals surface area contributed by atoms with E-state index in [2.05, 4.69) is 41.6 Å². The quantitative estimate of drug-likeness (QED) is 0.812. The number of anilines is 1. The third-order valence-corrected chi connectivity index (χ3v) is 5.41. The summed E-state index contributed by atoms with van der Waals surface area (Å²) < 4.78 is 7.62. The summed E-state index contributed by atoms with van der Waals surface area (Å²) in [5.41, 5.74) is 0.985. The fourth-order valence-electron chi connectivity index (χ4n) is 3.92. The Morgan fingerprint density at radius 3 is 2.73 bits per heavy atom. The third kappa shape index (κ3) is 3.57. The first-order valence-corrected chi connectivity index (χ1v) is 9.43. The fourth-order valence-corrected chi connectivity index (χ4v) is 3.92. The van der Waals surface area contributed by atoms with E-state index in [0.29, 0.717) is 5.92 Å². The standard InChI is InChI=1S/C18H27N7O/c1-14-17(20-6-5-19-14)25-7-3-4-15(12-25)18-22-21-16(23(18)2)13-24-8-10-26-11-9-24/h5-6,15H,3-4,7-13H2,1-2H3/t15-/m0/s1. The van der Waals surface area contributed by atoms with Crippen LogP contribution in [0.3, 0.4) is 0 Å². The van der Waals surface area contributed by atoms with E-state index in [-0.39, 0.29) is 0 Å². The van der Waals surface area contributed by atoms with Gasteiger partial charge in [-0.15, -0.1) is 10.2 Å². The van der Waals surface area contributed by atoms with Gasteiger partial charge in [0.25, 0.3) is 0 Å². The van der Waals surface area contributed by atoms with Crippen molar-refractivity contribution in [2.75, 3.05) is 44.3 Å². The van der Waals surface area contributed by atoms with E-state index in [4.69, 9.17) is 4.74 Å². The van der Waals surface area contributed by atoms with E-state index in [9.17, 15) is 0 Å². The molecule has 8 nitrogen and oxygen atoms in total. The van der Waals surface area contributed by atoms with Gasteiger partial charge in [0.1, 0.15) is 17.5 Å². The second kappa shape index (κ2) is 7.67. The highest BCUT2D eigenvalue weighted by Crippen LogP contribution is 2.29. The lowest BCUT2D eigenvalue weighted by atomic mass is 9.97. The summed E-state index contributed by atoms with van der Waals surface area (Å²) in [5.74, 6) is 3.49. The maximum absolute atomic E-state index is 5.43. The van der Waals surface area contributed by atoms with Crippen molar-refractivity contribution in [1.29, 1.82) is 0 Å². The highest BCUT2D eigenvalue weighted by molar-refractivity contribution is 5.43. The lowest BCUT2D eigenvalue weighted by Crippen LogP contribution is -2.37. The van der Waals surface area contributed by atoms with Crippen molar-refractivity contribution >= 4 is 5.82 Å². The molecule has 0 amide bonds. The Balaban J connectivity index is 1.48. The van der Waals surface area contributed by atoms with E-state index in [1.54, 1.807) is 12.4 Å². The number of aryl methyl sites for hydroxylation is 1. The van der Waals surface area contributed by atoms with Crippen LogP contribution in [0.2, 0.25) is 0 Å².